The second-order valence-electron chi connectivity index (χ2n) is 28.6. The van der Waals surface area contributed by atoms with E-state index in [1.165, 1.54) is 130 Å². The normalized spacial score (nSPS) is 26.8. The lowest BCUT2D eigenvalue weighted by Crippen LogP contribution is -2.65. The van der Waals surface area contributed by atoms with Gasteiger partial charge in [-0.05, 0) is 100 Å². The number of rotatable bonds is 13. The number of hydrogen-bond donors (Lipinski definition) is 3. The number of thiazole rings is 1. The van der Waals surface area contributed by atoms with Gasteiger partial charge in [0.25, 0.3) is 0 Å². The van der Waals surface area contributed by atoms with Gasteiger partial charge in [-0.1, -0.05) is 96.7 Å². The summed E-state index contributed by atoms with van der Waals surface area (Å²) in [5.74, 6) is -9.56. The Labute approximate surface area is 595 Å². The first kappa shape index (κ1) is 81.5. The van der Waals surface area contributed by atoms with Crippen LogP contribution in [0, 0.1) is 23.7 Å². The first-order valence-electron chi connectivity index (χ1n) is 34.9. The van der Waals surface area contributed by atoms with Crippen molar-refractivity contribution < 1.29 is 70.7 Å². The Morgan fingerprint density at radius 1 is 0.700 bits per heavy atom. The molecule has 11 atom stereocenters. The van der Waals surface area contributed by atoms with Crippen LogP contribution in [-0.4, -0.2) is 257 Å². The summed E-state index contributed by atoms with van der Waals surface area (Å²) in [6.45, 7) is 9.67. The van der Waals surface area contributed by atoms with Gasteiger partial charge >= 0.3 is 6.18 Å². The van der Waals surface area contributed by atoms with Crippen LogP contribution in [0.4, 0.5) is 13.2 Å². The van der Waals surface area contributed by atoms with E-state index in [1.807, 2.05) is 20.8 Å². The highest BCUT2D eigenvalue weighted by atomic mass is 35.5. The van der Waals surface area contributed by atoms with Gasteiger partial charge in [0, 0.05) is 81.8 Å². The number of aromatic nitrogens is 1. The number of carbonyl (C=O) groups is 12. The summed E-state index contributed by atoms with van der Waals surface area (Å²) in [7, 11) is 12.6. The van der Waals surface area contributed by atoms with Crippen LogP contribution in [0.15, 0.2) is 29.1 Å². The molecule has 25 nitrogen and oxygen atoms in total. The highest BCUT2D eigenvalue weighted by Crippen LogP contribution is 2.37. The third kappa shape index (κ3) is 20.2. The molecule has 3 N–H and O–H groups in total. The lowest BCUT2D eigenvalue weighted by molar-refractivity contribution is -0.160. The Hall–Kier alpha value is -7.43. The van der Waals surface area contributed by atoms with Crippen LogP contribution in [-0.2, 0) is 76.6 Å². The average Bonchev–Trinajstić information content (AvgIpc) is 0.815. The number of amides is 12. The van der Waals surface area contributed by atoms with Gasteiger partial charge in [-0.25, -0.2) is 4.98 Å². The van der Waals surface area contributed by atoms with Gasteiger partial charge in [0.2, 0.25) is 70.9 Å². The third-order valence-corrected chi connectivity index (χ3v) is 21.8. The van der Waals surface area contributed by atoms with Gasteiger partial charge < -0.3 is 60.0 Å². The van der Waals surface area contributed by atoms with Crippen LogP contribution in [0.2, 0.25) is 5.02 Å². The molecule has 0 spiro atoms. The van der Waals surface area contributed by atoms with E-state index in [9.17, 15) is 61.1 Å². The van der Waals surface area contributed by atoms with Crippen LogP contribution < -0.4 is 16.0 Å². The zero-order valence-electron chi connectivity index (χ0n) is 60.7. The Morgan fingerprint density at radius 2 is 1.32 bits per heavy atom. The number of alkyl halides is 3. The number of nitrogens with one attached hydrogen (secondary N) is 3. The summed E-state index contributed by atoms with van der Waals surface area (Å²) < 4.78 is 41.7. The van der Waals surface area contributed by atoms with Crippen molar-refractivity contribution in [2.45, 2.75) is 217 Å². The van der Waals surface area contributed by atoms with E-state index < -0.39 is 173 Å². The smallest absolute Gasteiger partial charge is 0.347 e. The molecule has 0 bridgehead atoms. The Morgan fingerprint density at radius 3 is 1.88 bits per heavy atom. The van der Waals surface area contributed by atoms with E-state index in [0.29, 0.717) is 37.8 Å². The molecule has 2 aliphatic heterocycles. The molecule has 1 unspecified atom stereocenters. The minimum atomic E-state index is -4.78. The molecule has 2 aliphatic carbocycles. The molecule has 6 rings (SSSR count). The fourth-order valence-corrected chi connectivity index (χ4v) is 14.9. The van der Waals surface area contributed by atoms with E-state index >= 15 is 9.59 Å². The zero-order chi connectivity index (χ0) is 74.5. The van der Waals surface area contributed by atoms with E-state index in [-0.39, 0.29) is 62.5 Å². The maximum absolute atomic E-state index is 15.3. The minimum absolute atomic E-state index is 0.00385. The van der Waals surface area contributed by atoms with Gasteiger partial charge in [-0.15, -0.1) is 11.3 Å². The summed E-state index contributed by atoms with van der Waals surface area (Å²) >= 11 is 7.36. The van der Waals surface area contributed by atoms with Gasteiger partial charge in [-0.3, -0.25) is 57.5 Å². The van der Waals surface area contributed by atoms with E-state index in [2.05, 4.69) is 20.9 Å². The van der Waals surface area contributed by atoms with Gasteiger partial charge in [0.05, 0.1) is 34.8 Å². The summed E-state index contributed by atoms with van der Waals surface area (Å²) in [6, 6.07) is -9.79. The monoisotopic (exact) mass is 1440 g/mol. The second kappa shape index (κ2) is 35.9. The second-order valence-corrected chi connectivity index (χ2v) is 29.7. The van der Waals surface area contributed by atoms with Crippen molar-refractivity contribution in [1.29, 1.82) is 0 Å². The SMILES string of the molecule is CC[C@H](C)[C@@H]1NC(=O)[C@H](CC(C)C)N(C)C(=O)C[C@@H](C(=O)N(C)C)N(C)C(=O)[C@H](C2CCCC2)N(C)C(=O)[C@H](C)NC(=O)[C@H](Cc2cscn2)N(C)C(=O)[C@H](CCc2ccc(C(F)(F)F)c(Cl)c2)NC(=O)CN(C)C(=O)[C@H](CC2CCCCC2)N(C)C(=O)C2CCN2C(=O)[C@H](C)N(C)C1=O. The number of fused-ring (bicyclic) bond motifs is 1. The highest BCUT2D eigenvalue weighted by molar-refractivity contribution is 7.07. The number of nitrogens with zero attached hydrogens (tertiary/aromatic N) is 10. The number of halogens is 4. The molecule has 2 aromatic rings. The van der Waals surface area contributed by atoms with Crippen molar-refractivity contribution >= 4 is 93.8 Å². The Balaban J connectivity index is 1.44. The summed E-state index contributed by atoms with van der Waals surface area (Å²) in [6.07, 6.45) is 1.63. The van der Waals surface area contributed by atoms with Crippen molar-refractivity contribution in [3.8, 4) is 0 Å². The molecule has 100 heavy (non-hydrogen) atoms. The lowest BCUT2D eigenvalue weighted by atomic mass is 9.84. The molecule has 1 aromatic carbocycles. The van der Waals surface area contributed by atoms with Gasteiger partial charge in [0.15, 0.2) is 0 Å². The molecule has 30 heteroatoms. The summed E-state index contributed by atoms with van der Waals surface area (Å²) in [5, 5.41) is 9.41. The topological polar surface area (TPSA) is 283 Å². The maximum Gasteiger partial charge on any atom is 0.417 e. The number of hydrogen-bond acceptors (Lipinski definition) is 14. The largest absolute Gasteiger partial charge is 0.417 e. The predicted molar refractivity (Wildman–Crippen MR) is 370 cm³/mol. The average molecular weight is 1450 g/mol. The molecule has 3 heterocycles. The van der Waals surface area contributed by atoms with Crippen LogP contribution in [0.25, 0.3) is 0 Å². The van der Waals surface area contributed by atoms with Crippen molar-refractivity contribution in [2.75, 3.05) is 76.5 Å². The van der Waals surface area contributed by atoms with E-state index in [4.69, 9.17) is 11.6 Å². The van der Waals surface area contributed by atoms with Crippen molar-refractivity contribution in [3.05, 3.63) is 50.9 Å². The van der Waals surface area contributed by atoms with Crippen LogP contribution in [0.1, 0.15) is 155 Å². The summed E-state index contributed by atoms with van der Waals surface area (Å²) in [5.41, 5.74) is 1.05. The molecule has 0 radical (unpaired) electrons. The lowest BCUT2D eigenvalue weighted by Gasteiger charge is -2.45. The molecule has 556 valence electrons. The third-order valence-electron chi connectivity index (χ3n) is 20.8. The predicted octanol–water partition coefficient (Wildman–Crippen LogP) is 5.25. The first-order chi connectivity index (χ1) is 46.9. The first-order valence-corrected chi connectivity index (χ1v) is 36.2. The molecular weight excluding hydrogens is 1340 g/mol. The number of likely N-dealkylation sites (N-methyl/N-ethyl adjacent to an activating group) is 8. The fraction of sp³-hybridized carbons (Fsp3) is 0.700. The Kier molecular flexibility index (Phi) is 29.3. The highest BCUT2D eigenvalue weighted by Gasteiger charge is 2.48. The standard InChI is InChI=1S/C70H105ClF3N13O12S/c1-16-41(4)58-68(98)81(10)43(6)63(93)87-31-30-51(87)67(97)84(13)54(34-44-22-18-17-19-23-44)66(96)80(9)37-56(88)77-50(29-27-45-26-28-48(49(71)33-45)70(72,73)74)64(94)83(12)53(35-47-38-100-39-75-47)60(90)76-42(5)62(92)86(15)59(46-24-20-21-25-46)69(99)85(14)55(65(95)79(7)8)36-57(89)82(11)52(32-40(2)3)61(91)78-58/h26,28,33,38-44,46,50-55,58-59H,16-25,27,29-32,34-37H2,1-15H3,(H,76,90)(H,77,88)(H,78,91)/t41-,42-,43-,50-,51?,52-,53-,54-,55-,58-,59-/m0/s1. The van der Waals surface area contributed by atoms with Crippen LogP contribution in [0.5, 0.6) is 0 Å². The maximum atomic E-state index is 15.3. The van der Waals surface area contributed by atoms with Gasteiger partial charge in [-0.2, -0.15) is 13.2 Å². The molecular formula is C70H105ClF3N13O12S. The number of benzene rings is 1. The van der Waals surface area contributed by atoms with Crippen LogP contribution in [0.3, 0.4) is 0 Å². The fourth-order valence-electron chi connectivity index (χ4n) is 14.0. The van der Waals surface area contributed by atoms with Crippen LogP contribution >= 0.6 is 22.9 Å². The van der Waals surface area contributed by atoms with Crippen molar-refractivity contribution in [1.82, 2.24) is 65.0 Å². The van der Waals surface area contributed by atoms with Crippen molar-refractivity contribution in [2.24, 2.45) is 23.7 Å². The molecule has 2 saturated heterocycles. The van der Waals surface area contributed by atoms with E-state index in [0.717, 1.165) is 58.9 Å². The molecule has 12 amide bonds. The van der Waals surface area contributed by atoms with Crippen molar-refractivity contribution in [3.63, 3.8) is 0 Å². The zero-order valence-corrected chi connectivity index (χ0v) is 62.3. The van der Waals surface area contributed by atoms with E-state index in [1.54, 1.807) is 12.3 Å². The quantitative estimate of drug-likeness (QED) is 0.231. The minimum Gasteiger partial charge on any atom is -0.347 e. The molecule has 4 aliphatic rings. The number of carbonyl (C=O) groups excluding carboxylic acids is 12. The molecule has 1 aromatic heterocycles. The van der Waals surface area contributed by atoms with Gasteiger partial charge in [0.1, 0.15) is 60.4 Å². The molecule has 4 fully saturated rings. The number of aryl methyl sites for hydroxylation is 1. The Bertz CT molecular complexity index is 3260. The summed E-state index contributed by atoms with van der Waals surface area (Å²) in [4.78, 5) is 193. The molecule has 2 saturated carbocycles.